The SMILES string of the molecule is CC(C)Cc1cnc2cc(C=CC(=O)O)cnc2c1. The highest BCUT2D eigenvalue weighted by Crippen LogP contribution is 2.15. The van der Waals surface area contributed by atoms with Crippen molar-refractivity contribution >= 4 is 23.1 Å². The molecule has 0 aliphatic rings. The van der Waals surface area contributed by atoms with Crippen molar-refractivity contribution < 1.29 is 9.90 Å². The van der Waals surface area contributed by atoms with Crippen LogP contribution in [0.25, 0.3) is 17.1 Å². The number of carboxylic acids is 1. The largest absolute Gasteiger partial charge is 0.478 e. The fourth-order valence-corrected chi connectivity index (χ4v) is 1.90. The maximum Gasteiger partial charge on any atom is 0.328 e. The molecule has 0 aromatic carbocycles. The Bertz CT molecular complexity index is 633. The average molecular weight is 256 g/mol. The van der Waals surface area contributed by atoms with Gasteiger partial charge in [0.2, 0.25) is 0 Å². The summed E-state index contributed by atoms with van der Waals surface area (Å²) in [5, 5.41) is 8.59. The van der Waals surface area contributed by atoms with Crippen LogP contribution in [0.4, 0.5) is 0 Å². The Kier molecular flexibility index (Phi) is 3.90. The van der Waals surface area contributed by atoms with Crippen molar-refractivity contribution in [1.29, 1.82) is 0 Å². The van der Waals surface area contributed by atoms with Crippen molar-refractivity contribution in [3.8, 4) is 0 Å². The van der Waals surface area contributed by atoms with E-state index in [2.05, 4.69) is 23.8 Å². The summed E-state index contributed by atoms with van der Waals surface area (Å²) < 4.78 is 0. The molecule has 0 spiro atoms. The third kappa shape index (κ3) is 3.61. The molecule has 0 bridgehead atoms. The molecule has 0 atom stereocenters. The van der Waals surface area contributed by atoms with Crippen LogP contribution in [0.1, 0.15) is 25.0 Å². The second-order valence-electron chi connectivity index (χ2n) is 4.92. The summed E-state index contributed by atoms with van der Waals surface area (Å²) in [5.41, 5.74) is 3.52. The molecule has 2 rings (SSSR count). The number of pyridine rings is 2. The Hall–Kier alpha value is -2.23. The van der Waals surface area contributed by atoms with Crippen molar-refractivity contribution in [1.82, 2.24) is 9.97 Å². The summed E-state index contributed by atoms with van der Waals surface area (Å²) in [6.07, 6.45) is 7.09. The molecular formula is C15H16N2O2. The van der Waals surface area contributed by atoms with Gasteiger partial charge in [-0.15, -0.1) is 0 Å². The highest BCUT2D eigenvalue weighted by molar-refractivity contribution is 5.86. The topological polar surface area (TPSA) is 63.1 Å². The molecule has 0 aliphatic heterocycles. The first-order chi connectivity index (χ1) is 9.04. The predicted molar refractivity (Wildman–Crippen MR) is 74.7 cm³/mol. The summed E-state index contributed by atoms with van der Waals surface area (Å²) >= 11 is 0. The van der Waals surface area contributed by atoms with Crippen LogP contribution in [0.15, 0.2) is 30.6 Å². The van der Waals surface area contributed by atoms with E-state index in [4.69, 9.17) is 5.11 Å². The molecule has 0 saturated carbocycles. The number of fused-ring (bicyclic) bond motifs is 1. The van der Waals surface area contributed by atoms with E-state index >= 15 is 0 Å². The van der Waals surface area contributed by atoms with E-state index in [1.54, 1.807) is 6.20 Å². The summed E-state index contributed by atoms with van der Waals surface area (Å²) in [4.78, 5) is 19.2. The third-order valence-corrected chi connectivity index (χ3v) is 2.67. The van der Waals surface area contributed by atoms with Crippen LogP contribution in [-0.2, 0) is 11.2 Å². The molecule has 2 heterocycles. The van der Waals surface area contributed by atoms with Crippen LogP contribution in [0.5, 0.6) is 0 Å². The van der Waals surface area contributed by atoms with Gasteiger partial charge in [-0.05, 0) is 41.7 Å². The molecule has 0 amide bonds. The van der Waals surface area contributed by atoms with Gasteiger partial charge >= 0.3 is 5.97 Å². The van der Waals surface area contributed by atoms with Gasteiger partial charge in [0.15, 0.2) is 0 Å². The summed E-state index contributed by atoms with van der Waals surface area (Å²) in [6.45, 7) is 4.33. The predicted octanol–water partition coefficient (Wildman–Crippen LogP) is 2.93. The molecule has 19 heavy (non-hydrogen) atoms. The molecule has 2 aromatic heterocycles. The Labute approximate surface area is 111 Å². The second-order valence-corrected chi connectivity index (χ2v) is 4.92. The maximum absolute atomic E-state index is 10.5. The minimum atomic E-state index is -0.972. The molecule has 0 aliphatic carbocycles. The minimum absolute atomic E-state index is 0.581. The zero-order valence-electron chi connectivity index (χ0n) is 11.0. The fourth-order valence-electron chi connectivity index (χ4n) is 1.90. The highest BCUT2D eigenvalue weighted by Gasteiger charge is 2.02. The zero-order chi connectivity index (χ0) is 13.8. The molecule has 1 N–H and O–H groups in total. The quantitative estimate of drug-likeness (QED) is 0.854. The number of carboxylic acid groups (broad SMARTS) is 1. The molecule has 0 unspecified atom stereocenters. The first-order valence-corrected chi connectivity index (χ1v) is 6.20. The van der Waals surface area contributed by atoms with Gasteiger partial charge < -0.3 is 5.11 Å². The number of hydrogen-bond donors (Lipinski definition) is 1. The number of aromatic nitrogens is 2. The van der Waals surface area contributed by atoms with E-state index in [9.17, 15) is 4.79 Å². The summed E-state index contributed by atoms with van der Waals surface area (Å²) in [6, 6.07) is 3.87. The Balaban J connectivity index is 2.32. The summed E-state index contributed by atoms with van der Waals surface area (Å²) in [7, 11) is 0. The van der Waals surface area contributed by atoms with Gasteiger partial charge in [-0.1, -0.05) is 13.8 Å². The van der Waals surface area contributed by atoms with Crippen LogP contribution in [0, 0.1) is 5.92 Å². The molecule has 4 nitrogen and oxygen atoms in total. The van der Waals surface area contributed by atoms with Gasteiger partial charge in [0.1, 0.15) is 0 Å². The van der Waals surface area contributed by atoms with Crippen LogP contribution >= 0.6 is 0 Å². The number of aliphatic carboxylic acids is 1. The lowest BCUT2D eigenvalue weighted by Crippen LogP contribution is -1.96. The highest BCUT2D eigenvalue weighted by atomic mass is 16.4. The zero-order valence-corrected chi connectivity index (χ0v) is 11.0. The molecule has 98 valence electrons. The Morgan fingerprint density at radius 2 is 1.95 bits per heavy atom. The minimum Gasteiger partial charge on any atom is -0.478 e. The van der Waals surface area contributed by atoms with Crippen LogP contribution < -0.4 is 0 Å². The first kappa shape index (κ1) is 13.2. The van der Waals surface area contributed by atoms with Gasteiger partial charge in [-0.3, -0.25) is 9.97 Å². The molecule has 2 aromatic rings. The van der Waals surface area contributed by atoms with Gasteiger partial charge in [0.25, 0.3) is 0 Å². The monoisotopic (exact) mass is 256 g/mol. The van der Waals surface area contributed by atoms with E-state index < -0.39 is 5.97 Å². The standard InChI is InChI=1S/C15H16N2O2/c1-10(2)5-12-7-14-13(17-9-12)6-11(8-16-14)3-4-15(18)19/h3-4,6-10H,5H2,1-2H3,(H,18,19). The van der Waals surface area contributed by atoms with Crippen molar-refractivity contribution in [3.63, 3.8) is 0 Å². The Morgan fingerprint density at radius 1 is 1.26 bits per heavy atom. The van der Waals surface area contributed by atoms with E-state index in [1.807, 2.05) is 18.3 Å². The smallest absolute Gasteiger partial charge is 0.328 e. The normalized spacial score (nSPS) is 11.5. The summed E-state index contributed by atoms with van der Waals surface area (Å²) in [5.74, 6) is -0.391. The van der Waals surface area contributed by atoms with Gasteiger partial charge in [0.05, 0.1) is 11.0 Å². The number of rotatable bonds is 4. The lowest BCUT2D eigenvalue weighted by Gasteiger charge is -2.05. The van der Waals surface area contributed by atoms with Crippen LogP contribution in [-0.4, -0.2) is 21.0 Å². The van der Waals surface area contributed by atoms with E-state index in [1.165, 1.54) is 11.6 Å². The molecule has 4 heteroatoms. The van der Waals surface area contributed by atoms with Crippen LogP contribution in [0.3, 0.4) is 0 Å². The number of hydrogen-bond acceptors (Lipinski definition) is 3. The van der Waals surface area contributed by atoms with Crippen molar-refractivity contribution in [2.45, 2.75) is 20.3 Å². The third-order valence-electron chi connectivity index (χ3n) is 2.67. The van der Waals surface area contributed by atoms with Crippen molar-refractivity contribution in [3.05, 3.63) is 41.7 Å². The van der Waals surface area contributed by atoms with Gasteiger partial charge in [-0.2, -0.15) is 0 Å². The second kappa shape index (κ2) is 5.61. The van der Waals surface area contributed by atoms with E-state index in [0.29, 0.717) is 5.92 Å². The molecular weight excluding hydrogens is 240 g/mol. The fraction of sp³-hybridized carbons (Fsp3) is 0.267. The lowest BCUT2D eigenvalue weighted by atomic mass is 10.0. The van der Waals surface area contributed by atoms with E-state index in [-0.39, 0.29) is 0 Å². The van der Waals surface area contributed by atoms with Crippen molar-refractivity contribution in [2.75, 3.05) is 0 Å². The average Bonchev–Trinajstić information content (AvgIpc) is 2.35. The molecule has 0 saturated heterocycles. The van der Waals surface area contributed by atoms with Crippen LogP contribution in [0.2, 0.25) is 0 Å². The molecule has 0 radical (unpaired) electrons. The molecule has 0 fully saturated rings. The van der Waals surface area contributed by atoms with Gasteiger partial charge in [0, 0.05) is 18.5 Å². The lowest BCUT2D eigenvalue weighted by molar-refractivity contribution is -0.131. The Morgan fingerprint density at radius 3 is 2.63 bits per heavy atom. The van der Waals surface area contributed by atoms with Gasteiger partial charge in [-0.25, -0.2) is 4.79 Å². The maximum atomic E-state index is 10.5. The first-order valence-electron chi connectivity index (χ1n) is 6.20. The van der Waals surface area contributed by atoms with Crippen molar-refractivity contribution in [2.24, 2.45) is 5.92 Å². The number of carbonyl (C=O) groups is 1. The number of nitrogens with zero attached hydrogens (tertiary/aromatic N) is 2. The van der Waals surface area contributed by atoms with E-state index in [0.717, 1.165) is 29.1 Å².